The van der Waals surface area contributed by atoms with Crippen molar-refractivity contribution in [2.75, 3.05) is 51.2 Å². The molecule has 0 aliphatic carbocycles. The fourth-order valence-electron chi connectivity index (χ4n) is 8.29. The highest BCUT2D eigenvalue weighted by Gasteiger charge is 2.48. The molecule has 21 heteroatoms. The van der Waals surface area contributed by atoms with Crippen molar-refractivity contribution in [2.45, 2.75) is 92.3 Å². The predicted molar refractivity (Wildman–Crippen MR) is 230 cm³/mol. The van der Waals surface area contributed by atoms with E-state index in [9.17, 15) is 53.3 Å². The largest absolute Gasteiger partial charge is 0.385 e. The lowest BCUT2D eigenvalue weighted by Gasteiger charge is -2.30. The SMILES string of the molecule is COCCC1(C)C(=CC=CC=CC2=[N+](CCCS(=O)(=O)O)c3ccc(S(=O)(=O)O)cc3C2(C)CCOC)N(CCCCCC(=O)ON2C(=O)CCC2=O)c2ccc(S(=O)(=O)O)cc21. The first-order valence-corrected chi connectivity index (χ1v) is 24.8. The van der Waals surface area contributed by atoms with Gasteiger partial charge in [-0.1, -0.05) is 24.6 Å². The second kappa shape index (κ2) is 20.1. The Morgan fingerprint density at radius 1 is 0.778 bits per heavy atom. The number of hydrogen-bond donors (Lipinski definition) is 3. The molecule has 0 bridgehead atoms. The highest BCUT2D eigenvalue weighted by atomic mass is 32.2. The topological polar surface area (TPSA) is 251 Å². The predicted octanol–water partition coefficient (Wildman–Crippen LogP) is 4.83. The van der Waals surface area contributed by atoms with Gasteiger partial charge in [0.05, 0.1) is 21.0 Å². The van der Waals surface area contributed by atoms with Crippen LogP contribution < -0.4 is 4.90 Å². The highest BCUT2D eigenvalue weighted by Crippen LogP contribution is 2.51. The van der Waals surface area contributed by atoms with Crippen molar-refractivity contribution >= 4 is 65.2 Å². The second-order valence-electron chi connectivity index (χ2n) is 15.9. The molecular formula is C42H54N3O15S3+. The number of benzene rings is 2. The van der Waals surface area contributed by atoms with Gasteiger partial charge in [0.2, 0.25) is 5.69 Å². The first-order valence-electron chi connectivity index (χ1n) is 20.3. The maximum atomic E-state index is 12.4. The van der Waals surface area contributed by atoms with Gasteiger partial charge in [0, 0.05) is 94.2 Å². The molecule has 63 heavy (non-hydrogen) atoms. The molecule has 3 aliphatic heterocycles. The monoisotopic (exact) mass is 936 g/mol. The lowest BCUT2D eigenvalue weighted by Crippen LogP contribution is -2.33. The molecule has 1 fully saturated rings. The summed E-state index contributed by atoms with van der Waals surface area (Å²) in [7, 11) is -10.3. The van der Waals surface area contributed by atoms with Gasteiger partial charge in [-0.25, -0.2) is 4.79 Å². The number of fused-ring (bicyclic) bond motifs is 2. The van der Waals surface area contributed by atoms with Crippen LogP contribution in [0.4, 0.5) is 11.4 Å². The molecule has 2 aromatic rings. The molecule has 0 saturated carbocycles. The fraction of sp³-hybridized carbons (Fsp3) is 0.476. The molecule has 0 aromatic heterocycles. The molecule has 3 aliphatic rings. The van der Waals surface area contributed by atoms with E-state index in [0.29, 0.717) is 78.5 Å². The maximum Gasteiger partial charge on any atom is 0.333 e. The molecule has 344 valence electrons. The van der Waals surface area contributed by atoms with E-state index >= 15 is 0 Å². The van der Waals surface area contributed by atoms with Crippen molar-refractivity contribution in [3.05, 3.63) is 83.6 Å². The van der Waals surface area contributed by atoms with Crippen LogP contribution in [0.1, 0.15) is 82.8 Å². The number of unbranched alkanes of at least 4 members (excludes halogenated alkanes) is 2. The zero-order chi connectivity index (χ0) is 46.4. The molecule has 0 spiro atoms. The fourth-order valence-corrected chi connectivity index (χ4v) is 9.80. The number of nitrogens with zero attached hydrogens (tertiary/aromatic N) is 3. The van der Waals surface area contributed by atoms with Crippen molar-refractivity contribution < 1.29 is 72.2 Å². The molecule has 2 amide bonds. The van der Waals surface area contributed by atoms with Gasteiger partial charge in [-0.2, -0.15) is 29.8 Å². The van der Waals surface area contributed by atoms with Crippen LogP contribution in [0.25, 0.3) is 0 Å². The smallest absolute Gasteiger partial charge is 0.333 e. The Bertz CT molecular complexity index is 2550. The van der Waals surface area contributed by atoms with E-state index in [-0.39, 0.29) is 48.6 Å². The standard InChI is InChI=1S/C42H53N3O15S3/c1-41(21-25-58-3)32-28-30(62(52,53)54)15-17-34(32)43(23-10-6-9-14-40(48)60-45-38(46)19-20-39(45)47)36(41)12-7-5-8-13-37-42(2,22-26-59-4)33-29-31(63(55,56)57)16-18-35(33)44(37)24-11-27-61(49,50)51/h5,7-8,12-13,15-18,28-29H,6,9-11,14,19-27H2,1-4H3,(H2-,49,50,51,52,53,54,55,56,57)/p+1. The van der Waals surface area contributed by atoms with Gasteiger partial charge >= 0.3 is 5.97 Å². The Morgan fingerprint density at radius 2 is 1.38 bits per heavy atom. The number of carbonyl (C=O) groups excluding carboxylic acids is 3. The van der Waals surface area contributed by atoms with Crippen LogP contribution in [0, 0.1) is 0 Å². The third-order valence-corrected chi connectivity index (χ3v) is 14.1. The van der Waals surface area contributed by atoms with Gasteiger partial charge < -0.3 is 19.2 Å². The van der Waals surface area contributed by atoms with Crippen LogP contribution in [0.3, 0.4) is 0 Å². The van der Waals surface area contributed by atoms with E-state index < -0.39 is 64.7 Å². The minimum atomic E-state index is -4.57. The summed E-state index contributed by atoms with van der Waals surface area (Å²) in [6.45, 7) is 4.99. The minimum Gasteiger partial charge on any atom is -0.385 e. The molecule has 3 heterocycles. The number of rotatable bonds is 22. The summed E-state index contributed by atoms with van der Waals surface area (Å²) in [6, 6.07) is 8.61. The lowest BCUT2D eigenvalue weighted by atomic mass is 9.76. The summed E-state index contributed by atoms with van der Waals surface area (Å²) in [4.78, 5) is 42.6. The zero-order valence-electron chi connectivity index (χ0n) is 35.6. The number of amides is 2. The van der Waals surface area contributed by atoms with Gasteiger partial charge in [0.25, 0.3) is 42.2 Å². The van der Waals surface area contributed by atoms with Gasteiger partial charge in [-0.05, 0) is 81.5 Å². The Labute approximate surface area is 368 Å². The van der Waals surface area contributed by atoms with E-state index in [1.165, 1.54) is 31.4 Å². The Hall–Kier alpha value is -4.61. The van der Waals surface area contributed by atoms with Crippen molar-refractivity contribution in [3.63, 3.8) is 0 Å². The van der Waals surface area contributed by atoms with E-state index in [2.05, 4.69) is 0 Å². The Balaban J connectivity index is 1.48. The summed E-state index contributed by atoms with van der Waals surface area (Å²) in [5, 5.41) is 0.516. The Morgan fingerprint density at radius 3 is 1.98 bits per heavy atom. The van der Waals surface area contributed by atoms with Gasteiger partial charge in [0.15, 0.2) is 5.71 Å². The number of imide groups is 1. The van der Waals surface area contributed by atoms with Crippen LogP contribution in [0.15, 0.2) is 82.3 Å². The summed E-state index contributed by atoms with van der Waals surface area (Å²) < 4.78 is 114. The van der Waals surface area contributed by atoms with Crippen LogP contribution in [0.2, 0.25) is 0 Å². The number of ether oxygens (including phenoxy) is 2. The molecule has 5 rings (SSSR count). The summed E-state index contributed by atoms with van der Waals surface area (Å²) >= 11 is 0. The quantitative estimate of drug-likeness (QED) is 0.0470. The summed E-state index contributed by atoms with van der Waals surface area (Å²) in [5.74, 6) is -2.33. The lowest BCUT2D eigenvalue weighted by molar-refractivity contribution is -0.437. The molecule has 2 aromatic carbocycles. The van der Waals surface area contributed by atoms with E-state index in [1.54, 1.807) is 37.5 Å². The van der Waals surface area contributed by atoms with Crippen LogP contribution in [-0.2, 0) is 69.9 Å². The summed E-state index contributed by atoms with van der Waals surface area (Å²) in [6.07, 6.45) is 11.4. The number of allylic oxidation sites excluding steroid dienone is 6. The first kappa shape index (κ1) is 49.4. The van der Waals surface area contributed by atoms with Crippen molar-refractivity contribution in [3.8, 4) is 0 Å². The molecule has 2 unspecified atom stereocenters. The molecule has 0 radical (unpaired) electrons. The van der Waals surface area contributed by atoms with Gasteiger partial charge in [-0.15, -0.1) is 5.06 Å². The third-order valence-electron chi connectivity index (χ3n) is 11.6. The molecule has 18 nitrogen and oxygen atoms in total. The molecule has 1 saturated heterocycles. The van der Waals surface area contributed by atoms with E-state index in [4.69, 9.17) is 14.3 Å². The van der Waals surface area contributed by atoms with Gasteiger partial charge in [0.1, 0.15) is 6.54 Å². The van der Waals surface area contributed by atoms with E-state index in [0.717, 1.165) is 5.70 Å². The molecular weight excluding hydrogens is 883 g/mol. The van der Waals surface area contributed by atoms with Crippen LogP contribution in [-0.4, -0.2) is 118 Å². The molecule has 3 N–H and O–H groups in total. The van der Waals surface area contributed by atoms with Crippen molar-refractivity contribution in [1.29, 1.82) is 0 Å². The summed E-state index contributed by atoms with van der Waals surface area (Å²) in [5.41, 5.74) is 2.29. The second-order valence-corrected chi connectivity index (χ2v) is 20.4. The van der Waals surface area contributed by atoms with Crippen LogP contribution in [0.5, 0.6) is 0 Å². The van der Waals surface area contributed by atoms with Crippen molar-refractivity contribution in [1.82, 2.24) is 5.06 Å². The zero-order valence-corrected chi connectivity index (χ0v) is 38.0. The number of carbonyl (C=O) groups is 3. The minimum absolute atomic E-state index is 0.00829. The average Bonchev–Trinajstić information content (AvgIpc) is 3.74. The number of hydrogen-bond acceptors (Lipinski definition) is 13. The Kier molecular flexibility index (Phi) is 15.7. The number of hydroxylamine groups is 2. The van der Waals surface area contributed by atoms with Crippen molar-refractivity contribution in [2.24, 2.45) is 0 Å². The number of methoxy groups -OCH3 is 2. The van der Waals surface area contributed by atoms with E-state index in [1.807, 2.05) is 35.5 Å². The normalized spacial score (nSPS) is 21.2. The first-order chi connectivity index (χ1) is 29.5. The third kappa shape index (κ3) is 11.6. The van der Waals surface area contributed by atoms with Gasteiger partial charge in [-0.3, -0.25) is 23.2 Å². The van der Waals surface area contributed by atoms with Crippen LogP contribution >= 0.6 is 0 Å². The maximum absolute atomic E-state index is 12.4. The number of anilines is 1. The highest BCUT2D eigenvalue weighted by molar-refractivity contribution is 7.86. The molecule has 2 atom stereocenters. The average molecular weight is 937 g/mol.